The minimum Gasteiger partial charge on any atom is -0.481 e. The van der Waals surface area contributed by atoms with E-state index in [1.54, 1.807) is 0 Å². The minimum absolute atomic E-state index is 0.00148. The van der Waals surface area contributed by atoms with Crippen LogP contribution in [0.2, 0.25) is 0 Å². The summed E-state index contributed by atoms with van der Waals surface area (Å²) in [7, 11) is -2.24. The highest BCUT2D eigenvalue weighted by Gasteiger charge is 2.41. The van der Waals surface area contributed by atoms with Crippen molar-refractivity contribution in [3.63, 3.8) is 0 Å². The summed E-state index contributed by atoms with van der Waals surface area (Å²) < 4.78 is 29.5. The van der Waals surface area contributed by atoms with E-state index in [0.717, 1.165) is 4.31 Å². The topological polar surface area (TPSA) is 121 Å². The van der Waals surface area contributed by atoms with Gasteiger partial charge in [-0.3, -0.25) is 9.59 Å². The van der Waals surface area contributed by atoms with Crippen molar-refractivity contribution in [3.8, 4) is 0 Å². The van der Waals surface area contributed by atoms with E-state index in [2.05, 4.69) is 4.74 Å². The number of carbonyl (C=O) groups is 2. The number of sulfonamides is 1. The number of methoxy groups -OCH3 is 1. The first-order valence-corrected chi connectivity index (χ1v) is 7.33. The maximum atomic E-state index is 11.9. The quantitative estimate of drug-likeness (QED) is 0.649. The molecular weight excluding hydrogens is 278 g/mol. The van der Waals surface area contributed by atoms with Crippen molar-refractivity contribution in [2.75, 3.05) is 32.6 Å². The third-order valence-corrected chi connectivity index (χ3v) is 4.95. The van der Waals surface area contributed by atoms with E-state index in [4.69, 9.17) is 10.2 Å². The molecule has 1 rings (SSSR count). The third-order valence-electron chi connectivity index (χ3n) is 3.15. The fourth-order valence-corrected chi connectivity index (χ4v) is 3.45. The normalized spacial score (nSPS) is 25.1. The smallest absolute Gasteiger partial charge is 0.308 e. The molecule has 110 valence electrons. The number of carboxylic acids is 2. The molecule has 2 unspecified atom stereocenters. The molecule has 0 aliphatic carbocycles. The molecule has 2 atom stereocenters. The van der Waals surface area contributed by atoms with Gasteiger partial charge in [0.15, 0.2) is 0 Å². The van der Waals surface area contributed by atoms with E-state index in [-0.39, 0.29) is 31.9 Å². The maximum Gasteiger partial charge on any atom is 0.308 e. The van der Waals surface area contributed by atoms with Crippen LogP contribution in [0.3, 0.4) is 0 Å². The zero-order valence-corrected chi connectivity index (χ0v) is 11.3. The van der Waals surface area contributed by atoms with Crippen molar-refractivity contribution < 1.29 is 33.0 Å². The van der Waals surface area contributed by atoms with Gasteiger partial charge < -0.3 is 14.9 Å². The number of carboxylic acid groups (broad SMARTS) is 2. The predicted molar refractivity (Wildman–Crippen MR) is 64.1 cm³/mol. The number of hydrogen-bond donors (Lipinski definition) is 2. The largest absolute Gasteiger partial charge is 0.481 e. The summed E-state index contributed by atoms with van der Waals surface area (Å²) in [5.74, 6) is -5.01. The van der Waals surface area contributed by atoms with Gasteiger partial charge in [0.25, 0.3) is 0 Å². The van der Waals surface area contributed by atoms with Gasteiger partial charge in [-0.25, -0.2) is 12.7 Å². The van der Waals surface area contributed by atoms with Gasteiger partial charge in [-0.2, -0.15) is 0 Å². The predicted octanol–water partition coefficient (Wildman–Crippen LogP) is -0.930. The van der Waals surface area contributed by atoms with Crippen molar-refractivity contribution in [3.05, 3.63) is 0 Å². The van der Waals surface area contributed by atoms with E-state index in [1.807, 2.05) is 0 Å². The summed E-state index contributed by atoms with van der Waals surface area (Å²) >= 11 is 0. The lowest BCUT2D eigenvalue weighted by Crippen LogP contribution is -2.49. The molecule has 1 heterocycles. The second-order valence-electron chi connectivity index (χ2n) is 4.34. The number of hydrogen-bond acceptors (Lipinski definition) is 5. The van der Waals surface area contributed by atoms with Crippen LogP contribution in [-0.2, 0) is 24.3 Å². The molecule has 1 aliphatic rings. The molecule has 0 aromatic heterocycles. The number of piperidine rings is 1. The van der Waals surface area contributed by atoms with E-state index < -0.39 is 33.8 Å². The summed E-state index contributed by atoms with van der Waals surface area (Å²) in [5.41, 5.74) is 0. The SMILES string of the molecule is COCCS(=O)(=O)N1CCC(C(=O)O)C(C(=O)O)C1. The molecule has 8 nitrogen and oxygen atoms in total. The zero-order chi connectivity index (χ0) is 14.6. The highest BCUT2D eigenvalue weighted by atomic mass is 32.2. The summed E-state index contributed by atoms with van der Waals surface area (Å²) in [6.45, 7) is -0.274. The Morgan fingerprint density at radius 3 is 2.32 bits per heavy atom. The van der Waals surface area contributed by atoms with Gasteiger partial charge in [-0.05, 0) is 6.42 Å². The monoisotopic (exact) mass is 295 g/mol. The molecule has 0 radical (unpaired) electrons. The van der Waals surface area contributed by atoms with Gasteiger partial charge in [0.1, 0.15) is 0 Å². The first-order valence-electron chi connectivity index (χ1n) is 5.72. The molecule has 0 aromatic carbocycles. The first kappa shape index (κ1) is 15.9. The van der Waals surface area contributed by atoms with Gasteiger partial charge in [0.05, 0.1) is 24.2 Å². The third kappa shape index (κ3) is 3.88. The van der Waals surface area contributed by atoms with Crippen molar-refractivity contribution in [2.24, 2.45) is 11.8 Å². The minimum atomic E-state index is -3.61. The number of rotatable bonds is 6. The summed E-state index contributed by atoms with van der Waals surface area (Å²) in [5, 5.41) is 17.9. The van der Waals surface area contributed by atoms with Crippen LogP contribution < -0.4 is 0 Å². The Bertz CT molecular complexity index is 447. The number of nitrogens with zero attached hydrogens (tertiary/aromatic N) is 1. The van der Waals surface area contributed by atoms with E-state index in [1.165, 1.54) is 7.11 Å². The van der Waals surface area contributed by atoms with E-state index in [0.29, 0.717) is 0 Å². The first-order chi connectivity index (χ1) is 8.79. The fraction of sp³-hybridized carbons (Fsp3) is 0.800. The lowest BCUT2D eigenvalue weighted by Gasteiger charge is -2.33. The molecule has 0 spiro atoms. The van der Waals surface area contributed by atoms with Crippen LogP contribution in [0.4, 0.5) is 0 Å². The Kier molecular flexibility index (Phi) is 5.27. The Balaban J connectivity index is 2.82. The summed E-state index contributed by atoms with van der Waals surface area (Å²) in [6, 6.07) is 0. The van der Waals surface area contributed by atoms with Crippen LogP contribution in [0, 0.1) is 11.8 Å². The van der Waals surface area contributed by atoms with Crippen molar-refractivity contribution in [1.82, 2.24) is 4.31 Å². The van der Waals surface area contributed by atoms with Gasteiger partial charge >= 0.3 is 11.9 Å². The average molecular weight is 295 g/mol. The van der Waals surface area contributed by atoms with Crippen LogP contribution in [0.15, 0.2) is 0 Å². The van der Waals surface area contributed by atoms with Crippen LogP contribution in [-0.4, -0.2) is 67.4 Å². The van der Waals surface area contributed by atoms with Gasteiger partial charge in [-0.1, -0.05) is 0 Å². The summed E-state index contributed by atoms with van der Waals surface area (Å²) in [4.78, 5) is 22.0. The lowest BCUT2D eigenvalue weighted by molar-refractivity contribution is -0.156. The van der Waals surface area contributed by atoms with E-state index >= 15 is 0 Å². The second-order valence-corrected chi connectivity index (χ2v) is 6.43. The highest BCUT2D eigenvalue weighted by molar-refractivity contribution is 7.89. The molecule has 9 heteroatoms. The molecule has 1 aliphatic heterocycles. The van der Waals surface area contributed by atoms with Crippen molar-refractivity contribution in [2.45, 2.75) is 6.42 Å². The zero-order valence-electron chi connectivity index (χ0n) is 10.5. The van der Waals surface area contributed by atoms with Gasteiger partial charge in [-0.15, -0.1) is 0 Å². The Morgan fingerprint density at radius 1 is 1.26 bits per heavy atom. The molecule has 0 bridgehead atoms. The molecule has 0 amide bonds. The molecular formula is C10H17NO7S. The fourth-order valence-electron chi connectivity index (χ4n) is 2.04. The highest BCUT2D eigenvalue weighted by Crippen LogP contribution is 2.26. The van der Waals surface area contributed by atoms with Crippen LogP contribution >= 0.6 is 0 Å². The van der Waals surface area contributed by atoms with Gasteiger partial charge in [0.2, 0.25) is 10.0 Å². The molecule has 0 saturated carbocycles. The van der Waals surface area contributed by atoms with Crippen LogP contribution in [0.5, 0.6) is 0 Å². The molecule has 19 heavy (non-hydrogen) atoms. The molecule has 2 N–H and O–H groups in total. The van der Waals surface area contributed by atoms with Crippen LogP contribution in [0.25, 0.3) is 0 Å². The van der Waals surface area contributed by atoms with Gasteiger partial charge in [0, 0.05) is 20.2 Å². The Labute approximate surface area is 111 Å². The van der Waals surface area contributed by atoms with Crippen LogP contribution in [0.1, 0.15) is 6.42 Å². The molecule has 1 saturated heterocycles. The number of ether oxygens (including phenoxy) is 1. The second kappa shape index (κ2) is 6.31. The van der Waals surface area contributed by atoms with E-state index in [9.17, 15) is 18.0 Å². The molecule has 1 fully saturated rings. The average Bonchev–Trinajstić information content (AvgIpc) is 2.35. The number of aliphatic carboxylic acids is 2. The lowest BCUT2D eigenvalue weighted by atomic mass is 9.86. The maximum absolute atomic E-state index is 11.9. The summed E-state index contributed by atoms with van der Waals surface area (Å²) in [6.07, 6.45) is -0.00148. The Morgan fingerprint density at radius 2 is 1.84 bits per heavy atom. The van der Waals surface area contributed by atoms with Crippen molar-refractivity contribution in [1.29, 1.82) is 0 Å². The molecule has 0 aromatic rings. The Hall–Kier alpha value is -1.19. The standard InChI is InChI=1S/C10H17NO7S/c1-18-4-5-19(16,17)11-3-2-7(9(12)13)8(6-11)10(14)15/h7-8H,2-6H2,1H3,(H,12,13)(H,14,15). The van der Waals surface area contributed by atoms with Crippen molar-refractivity contribution >= 4 is 22.0 Å².